The topological polar surface area (TPSA) is 145 Å². The number of aromatic nitrogens is 1. The van der Waals surface area contributed by atoms with Gasteiger partial charge in [-0.15, -0.1) is 0 Å². The number of nitriles is 1. The van der Waals surface area contributed by atoms with Crippen molar-refractivity contribution in [3.05, 3.63) is 52.3 Å². The number of nitrogens with zero attached hydrogens (tertiary/aromatic N) is 3. The van der Waals surface area contributed by atoms with E-state index in [0.717, 1.165) is 11.8 Å². The van der Waals surface area contributed by atoms with Gasteiger partial charge in [0.2, 0.25) is 0 Å². The highest BCUT2D eigenvalue weighted by molar-refractivity contribution is 5.95. The first kappa shape index (κ1) is 19.4. The Bertz CT molecular complexity index is 966. The maximum Gasteiger partial charge on any atom is 0.335 e. The van der Waals surface area contributed by atoms with E-state index < -0.39 is 17.8 Å². The number of carboxylic acids is 2. The van der Waals surface area contributed by atoms with Crippen molar-refractivity contribution in [2.75, 3.05) is 0 Å². The molecule has 0 unspecified atom stereocenters. The molecule has 2 aromatic rings. The first-order valence-corrected chi connectivity index (χ1v) is 7.74. The van der Waals surface area contributed by atoms with Gasteiger partial charge >= 0.3 is 11.9 Å². The molecule has 0 aliphatic rings. The predicted molar refractivity (Wildman–Crippen MR) is 95.1 cm³/mol. The number of hydrogen-bond donors (Lipinski definition) is 3. The highest BCUT2D eigenvalue weighted by atomic mass is 16.4. The first-order chi connectivity index (χ1) is 12.7. The number of carbonyl (C=O) groups excluding carboxylic acids is 1. The average Bonchev–Trinajstić information content (AvgIpc) is 2.88. The second-order valence-corrected chi connectivity index (χ2v) is 5.67. The molecule has 0 radical (unpaired) electrons. The average molecular weight is 368 g/mol. The van der Waals surface area contributed by atoms with E-state index in [2.05, 4.69) is 10.5 Å². The van der Waals surface area contributed by atoms with Gasteiger partial charge in [0.25, 0.3) is 5.91 Å². The molecule has 3 N–H and O–H groups in total. The van der Waals surface area contributed by atoms with E-state index >= 15 is 0 Å². The lowest BCUT2D eigenvalue weighted by molar-refractivity contribution is -0.120. The van der Waals surface area contributed by atoms with Gasteiger partial charge in [0.15, 0.2) is 0 Å². The molecule has 0 bridgehead atoms. The smallest absolute Gasteiger partial charge is 0.335 e. The molecule has 0 saturated heterocycles. The van der Waals surface area contributed by atoms with Crippen molar-refractivity contribution < 1.29 is 24.6 Å². The second-order valence-electron chi connectivity index (χ2n) is 5.67. The number of aryl methyl sites for hydroxylation is 1. The highest BCUT2D eigenvalue weighted by Gasteiger charge is 2.15. The van der Waals surface area contributed by atoms with Gasteiger partial charge < -0.3 is 14.8 Å². The lowest BCUT2D eigenvalue weighted by Gasteiger charge is -2.12. The zero-order chi connectivity index (χ0) is 20.1. The van der Waals surface area contributed by atoms with E-state index in [0.29, 0.717) is 16.9 Å². The van der Waals surface area contributed by atoms with E-state index in [1.807, 2.05) is 0 Å². The number of hydrazone groups is 1. The Kier molecular flexibility index (Phi) is 5.72. The van der Waals surface area contributed by atoms with Crippen molar-refractivity contribution in [2.24, 2.45) is 5.10 Å². The molecule has 1 aromatic carbocycles. The normalized spacial score (nSPS) is 10.6. The molecular weight excluding hydrogens is 352 g/mol. The van der Waals surface area contributed by atoms with Crippen LogP contribution < -0.4 is 5.43 Å². The minimum atomic E-state index is -1.23. The van der Waals surface area contributed by atoms with Crippen LogP contribution in [0.1, 0.15) is 44.1 Å². The summed E-state index contributed by atoms with van der Waals surface area (Å²) in [5, 5.41) is 30.7. The zero-order valence-corrected chi connectivity index (χ0v) is 14.6. The third-order valence-corrected chi connectivity index (χ3v) is 3.77. The molecule has 0 atom stereocenters. The van der Waals surface area contributed by atoms with Gasteiger partial charge in [0, 0.05) is 22.6 Å². The lowest BCUT2D eigenvalue weighted by atomic mass is 10.1. The standard InChI is InChI=1S/C18H16N4O5/c1-10-5-14(9-20-21-16(23)3-4-19)11(2)22(10)15-7-12(17(24)25)6-13(8-15)18(26)27/h5-9H,3H2,1-2H3,(H,21,23)(H,24,25)(H,26,27)/b20-9+. The van der Waals surface area contributed by atoms with E-state index in [4.69, 9.17) is 5.26 Å². The van der Waals surface area contributed by atoms with Crippen LogP contribution in [0.4, 0.5) is 0 Å². The summed E-state index contributed by atoms with van der Waals surface area (Å²) in [5.41, 5.74) is 4.35. The molecule has 27 heavy (non-hydrogen) atoms. The fourth-order valence-electron chi connectivity index (χ4n) is 2.59. The number of hydrogen-bond acceptors (Lipinski definition) is 5. The zero-order valence-electron chi connectivity index (χ0n) is 14.6. The highest BCUT2D eigenvalue weighted by Crippen LogP contribution is 2.22. The number of carboxylic acid groups (broad SMARTS) is 2. The summed E-state index contributed by atoms with van der Waals surface area (Å²) >= 11 is 0. The Morgan fingerprint density at radius 2 is 1.74 bits per heavy atom. The van der Waals surface area contributed by atoms with Crippen molar-refractivity contribution in [3.8, 4) is 11.8 Å². The number of carbonyl (C=O) groups is 3. The van der Waals surface area contributed by atoms with Crippen LogP contribution in [0.2, 0.25) is 0 Å². The lowest BCUT2D eigenvalue weighted by Crippen LogP contribution is -2.16. The van der Waals surface area contributed by atoms with Gasteiger partial charge in [0.05, 0.1) is 23.4 Å². The first-order valence-electron chi connectivity index (χ1n) is 7.74. The van der Waals surface area contributed by atoms with Gasteiger partial charge in [-0.05, 0) is 38.1 Å². The van der Waals surface area contributed by atoms with Crippen LogP contribution in [-0.2, 0) is 4.79 Å². The molecule has 0 saturated carbocycles. The van der Waals surface area contributed by atoms with Crippen LogP contribution in [0.3, 0.4) is 0 Å². The fraction of sp³-hybridized carbons (Fsp3) is 0.167. The fourth-order valence-corrected chi connectivity index (χ4v) is 2.59. The van der Waals surface area contributed by atoms with Gasteiger partial charge in [-0.3, -0.25) is 4.79 Å². The summed E-state index contributed by atoms with van der Waals surface area (Å²) in [6.07, 6.45) is 1.09. The monoisotopic (exact) mass is 368 g/mol. The van der Waals surface area contributed by atoms with Crippen LogP contribution in [0.25, 0.3) is 5.69 Å². The molecule has 0 fully saturated rings. The largest absolute Gasteiger partial charge is 0.478 e. The predicted octanol–water partition coefficient (Wildman–Crippen LogP) is 1.85. The molecule has 1 amide bonds. The SMILES string of the molecule is Cc1cc(/C=N/NC(=O)CC#N)c(C)n1-c1cc(C(=O)O)cc(C(=O)O)c1. The Morgan fingerprint density at radius 1 is 1.15 bits per heavy atom. The van der Waals surface area contributed by atoms with E-state index in [9.17, 15) is 24.6 Å². The maximum atomic E-state index is 11.3. The summed E-state index contributed by atoms with van der Waals surface area (Å²) in [7, 11) is 0. The molecule has 1 aromatic heterocycles. The Morgan fingerprint density at radius 3 is 2.26 bits per heavy atom. The van der Waals surface area contributed by atoms with Gasteiger partial charge in [-0.2, -0.15) is 10.4 Å². The van der Waals surface area contributed by atoms with E-state index in [1.165, 1.54) is 18.3 Å². The molecule has 0 spiro atoms. The van der Waals surface area contributed by atoms with Crippen molar-refractivity contribution in [1.29, 1.82) is 5.26 Å². The number of amides is 1. The number of rotatable bonds is 6. The minimum Gasteiger partial charge on any atom is -0.478 e. The molecule has 1 heterocycles. The molecule has 0 aliphatic carbocycles. The van der Waals surface area contributed by atoms with E-state index in [-0.39, 0.29) is 17.5 Å². The summed E-state index contributed by atoms with van der Waals surface area (Å²) in [5.74, 6) is -3.00. The molecular formula is C18H16N4O5. The Labute approximate surface area is 154 Å². The van der Waals surface area contributed by atoms with Gasteiger partial charge in [-0.25, -0.2) is 15.0 Å². The minimum absolute atomic E-state index is 0.142. The number of benzene rings is 1. The van der Waals surface area contributed by atoms with Gasteiger partial charge in [-0.1, -0.05) is 0 Å². The summed E-state index contributed by atoms with van der Waals surface area (Å²) in [4.78, 5) is 33.9. The van der Waals surface area contributed by atoms with Crippen LogP contribution in [-0.4, -0.2) is 38.8 Å². The van der Waals surface area contributed by atoms with Gasteiger partial charge in [0.1, 0.15) is 6.42 Å². The van der Waals surface area contributed by atoms with Crippen molar-refractivity contribution in [2.45, 2.75) is 20.3 Å². The molecule has 2 rings (SSSR count). The van der Waals surface area contributed by atoms with Crippen LogP contribution >= 0.6 is 0 Å². The molecule has 9 heteroatoms. The Balaban J connectivity index is 2.46. The second kappa shape index (κ2) is 7.97. The maximum absolute atomic E-state index is 11.3. The molecule has 0 aliphatic heterocycles. The Hall–Kier alpha value is -3.93. The van der Waals surface area contributed by atoms with Crippen LogP contribution in [0.5, 0.6) is 0 Å². The summed E-state index contributed by atoms with van der Waals surface area (Å²) < 4.78 is 1.69. The van der Waals surface area contributed by atoms with E-state index in [1.54, 1.807) is 30.6 Å². The molecule has 138 valence electrons. The van der Waals surface area contributed by atoms with Crippen molar-refractivity contribution >= 4 is 24.1 Å². The van der Waals surface area contributed by atoms with Crippen molar-refractivity contribution in [3.63, 3.8) is 0 Å². The third-order valence-electron chi connectivity index (χ3n) is 3.77. The number of nitrogens with one attached hydrogen (secondary N) is 1. The van der Waals surface area contributed by atoms with Crippen LogP contribution in [0.15, 0.2) is 29.4 Å². The van der Waals surface area contributed by atoms with Crippen LogP contribution in [0, 0.1) is 25.2 Å². The molecule has 9 nitrogen and oxygen atoms in total. The quantitative estimate of drug-likeness (QED) is 0.524. The summed E-state index contributed by atoms with van der Waals surface area (Å²) in [6.45, 7) is 3.52. The van der Waals surface area contributed by atoms with Crippen molar-refractivity contribution in [1.82, 2.24) is 9.99 Å². The summed E-state index contributed by atoms with van der Waals surface area (Å²) in [6, 6.07) is 7.31. The third kappa shape index (κ3) is 4.38. The number of aromatic carboxylic acids is 2.